The highest BCUT2D eigenvalue weighted by molar-refractivity contribution is 6.38. The minimum atomic E-state index is -1.16. The molecule has 4 amide bonds. The van der Waals surface area contributed by atoms with Gasteiger partial charge in [0.15, 0.2) is 11.5 Å². The second-order valence-corrected chi connectivity index (χ2v) is 9.06. The smallest absolute Gasteiger partial charge is 0.289 e. The molecule has 0 spiro atoms. The SMILES string of the molecule is O=C(CNC(=O)c1ccc2c(c1)OCO2)N[C@@H](C[C@@H]1CCNC1=O)C(=O)C(=O)NC1CCCCC1. The number of carbonyl (C=O) groups is 5. The fourth-order valence-electron chi connectivity index (χ4n) is 4.59. The van der Waals surface area contributed by atoms with Crippen molar-refractivity contribution in [3.63, 3.8) is 0 Å². The van der Waals surface area contributed by atoms with Gasteiger partial charge >= 0.3 is 0 Å². The lowest BCUT2D eigenvalue weighted by Crippen LogP contribution is -2.52. The summed E-state index contributed by atoms with van der Waals surface area (Å²) in [6.07, 6.45) is 5.25. The fraction of sp³-hybridized carbons (Fsp3) is 0.542. The number of hydrogen-bond donors (Lipinski definition) is 4. The van der Waals surface area contributed by atoms with Crippen LogP contribution in [-0.4, -0.2) is 61.4 Å². The van der Waals surface area contributed by atoms with Crippen LogP contribution in [0.25, 0.3) is 0 Å². The highest BCUT2D eigenvalue weighted by Gasteiger charge is 2.34. The lowest BCUT2D eigenvalue weighted by molar-refractivity contribution is -0.141. The molecule has 1 saturated heterocycles. The number of fused-ring (bicyclic) bond motifs is 1. The third-order valence-corrected chi connectivity index (χ3v) is 6.54. The molecule has 4 N–H and O–H groups in total. The predicted molar refractivity (Wildman–Crippen MR) is 123 cm³/mol. The molecule has 2 atom stereocenters. The van der Waals surface area contributed by atoms with Crippen molar-refractivity contribution in [2.75, 3.05) is 19.9 Å². The second kappa shape index (κ2) is 11.2. The van der Waals surface area contributed by atoms with E-state index in [4.69, 9.17) is 9.47 Å². The highest BCUT2D eigenvalue weighted by atomic mass is 16.7. The Hall–Kier alpha value is -3.63. The van der Waals surface area contributed by atoms with Crippen LogP contribution in [0.4, 0.5) is 0 Å². The van der Waals surface area contributed by atoms with Crippen LogP contribution in [0.2, 0.25) is 0 Å². The molecule has 1 saturated carbocycles. The van der Waals surface area contributed by atoms with Crippen LogP contribution < -0.4 is 30.7 Å². The number of Topliss-reactive ketones (excluding diaryl/α,β-unsaturated/α-hetero) is 1. The Labute approximate surface area is 202 Å². The summed E-state index contributed by atoms with van der Waals surface area (Å²) >= 11 is 0. The van der Waals surface area contributed by atoms with Gasteiger partial charge < -0.3 is 30.7 Å². The van der Waals surface area contributed by atoms with E-state index < -0.39 is 42.0 Å². The van der Waals surface area contributed by atoms with E-state index in [0.29, 0.717) is 24.5 Å². The zero-order valence-electron chi connectivity index (χ0n) is 19.4. The Bertz CT molecular complexity index is 1010. The van der Waals surface area contributed by atoms with Crippen LogP contribution in [0, 0.1) is 5.92 Å². The summed E-state index contributed by atoms with van der Waals surface area (Å²) in [5, 5.41) is 10.5. The maximum atomic E-state index is 12.9. The Morgan fingerprint density at radius 2 is 1.80 bits per heavy atom. The molecule has 11 nitrogen and oxygen atoms in total. The van der Waals surface area contributed by atoms with Gasteiger partial charge in [-0.15, -0.1) is 0 Å². The summed E-state index contributed by atoms with van der Waals surface area (Å²) in [6, 6.07) is 3.43. The fourth-order valence-corrected chi connectivity index (χ4v) is 4.59. The number of carbonyl (C=O) groups excluding carboxylic acids is 5. The zero-order chi connectivity index (χ0) is 24.8. The largest absolute Gasteiger partial charge is 0.454 e. The predicted octanol–water partition coefficient (Wildman–Crippen LogP) is 0.174. The first-order chi connectivity index (χ1) is 16.9. The van der Waals surface area contributed by atoms with E-state index in [-0.39, 0.29) is 30.7 Å². The van der Waals surface area contributed by atoms with E-state index in [0.717, 1.165) is 32.1 Å². The Kier molecular flexibility index (Phi) is 7.84. The molecular weight excluding hydrogens is 456 g/mol. The number of ketones is 1. The number of benzene rings is 1. The van der Waals surface area contributed by atoms with E-state index in [1.165, 1.54) is 6.07 Å². The minimum Gasteiger partial charge on any atom is -0.454 e. The van der Waals surface area contributed by atoms with Crippen molar-refractivity contribution in [2.24, 2.45) is 5.92 Å². The molecule has 188 valence electrons. The monoisotopic (exact) mass is 486 g/mol. The van der Waals surface area contributed by atoms with Crippen LogP contribution in [0.5, 0.6) is 11.5 Å². The molecule has 0 unspecified atom stereocenters. The van der Waals surface area contributed by atoms with Crippen molar-refractivity contribution >= 4 is 29.4 Å². The number of ether oxygens (including phenoxy) is 2. The maximum Gasteiger partial charge on any atom is 0.289 e. The molecule has 2 aliphatic heterocycles. The second-order valence-electron chi connectivity index (χ2n) is 9.06. The van der Waals surface area contributed by atoms with Crippen LogP contribution in [-0.2, 0) is 19.2 Å². The average molecular weight is 487 g/mol. The number of nitrogens with one attached hydrogen (secondary N) is 4. The van der Waals surface area contributed by atoms with Crippen molar-refractivity contribution in [2.45, 2.75) is 57.0 Å². The molecule has 35 heavy (non-hydrogen) atoms. The number of rotatable bonds is 9. The maximum absolute atomic E-state index is 12.9. The summed E-state index contributed by atoms with van der Waals surface area (Å²) in [4.78, 5) is 62.7. The molecule has 3 aliphatic rings. The Morgan fingerprint density at radius 3 is 2.54 bits per heavy atom. The Balaban J connectivity index is 1.34. The lowest BCUT2D eigenvalue weighted by atomic mass is 9.93. The molecule has 0 bridgehead atoms. The van der Waals surface area contributed by atoms with Gasteiger partial charge in [-0.05, 0) is 43.9 Å². The summed E-state index contributed by atoms with van der Waals surface area (Å²) in [5.41, 5.74) is 0.282. The lowest BCUT2D eigenvalue weighted by Gasteiger charge is -2.24. The van der Waals surface area contributed by atoms with Crippen molar-refractivity contribution < 1.29 is 33.4 Å². The normalized spacial score (nSPS) is 20.0. The van der Waals surface area contributed by atoms with E-state index in [9.17, 15) is 24.0 Å². The molecule has 1 aromatic carbocycles. The Morgan fingerprint density at radius 1 is 1.03 bits per heavy atom. The first-order valence-electron chi connectivity index (χ1n) is 12.0. The molecule has 2 fully saturated rings. The minimum absolute atomic E-state index is 0.0185. The van der Waals surface area contributed by atoms with Gasteiger partial charge in [-0.1, -0.05) is 19.3 Å². The van der Waals surface area contributed by atoms with Crippen LogP contribution >= 0.6 is 0 Å². The van der Waals surface area contributed by atoms with E-state index >= 15 is 0 Å². The molecule has 0 radical (unpaired) electrons. The standard InChI is InChI=1S/C24H30N4O7/c29-20(12-26-23(32)14-6-7-18-19(11-14)35-13-34-18)28-17(10-15-8-9-25-22(15)31)21(30)24(33)27-16-4-2-1-3-5-16/h6-7,11,15-17H,1-5,8-10,12-13H2,(H,25,31)(H,26,32)(H,27,33)(H,28,29)/t15-,17-/m0/s1. The molecular formula is C24H30N4O7. The van der Waals surface area contributed by atoms with Gasteiger partial charge in [-0.2, -0.15) is 0 Å². The summed E-state index contributed by atoms with van der Waals surface area (Å²) in [6.45, 7) is 0.155. The van der Waals surface area contributed by atoms with E-state index in [1.807, 2.05) is 0 Å². The quantitative estimate of drug-likeness (QED) is 0.363. The topological polar surface area (TPSA) is 152 Å². The van der Waals surface area contributed by atoms with Gasteiger partial charge in [0, 0.05) is 24.1 Å². The van der Waals surface area contributed by atoms with Crippen molar-refractivity contribution in [3.8, 4) is 11.5 Å². The van der Waals surface area contributed by atoms with Crippen molar-refractivity contribution in [3.05, 3.63) is 23.8 Å². The molecule has 4 rings (SSSR count). The van der Waals surface area contributed by atoms with Gasteiger partial charge in [0.05, 0.1) is 12.6 Å². The summed E-state index contributed by atoms with van der Waals surface area (Å²) < 4.78 is 10.5. The van der Waals surface area contributed by atoms with Gasteiger partial charge in [-0.25, -0.2) is 0 Å². The first kappa shape index (κ1) is 24.5. The zero-order valence-corrected chi connectivity index (χ0v) is 19.4. The number of amides is 4. The van der Waals surface area contributed by atoms with Gasteiger partial charge in [0.1, 0.15) is 0 Å². The third-order valence-electron chi connectivity index (χ3n) is 6.54. The molecule has 1 aromatic rings. The molecule has 1 aliphatic carbocycles. The van der Waals surface area contributed by atoms with Crippen molar-refractivity contribution in [1.29, 1.82) is 0 Å². The average Bonchev–Trinajstić information content (AvgIpc) is 3.50. The number of hydrogen-bond acceptors (Lipinski definition) is 7. The third kappa shape index (κ3) is 6.28. The summed E-state index contributed by atoms with van der Waals surface area (Å²) in [5.74, 6) is -2.41. The van der Waals surface area contributed by atoms with Crippen LogP contribution in [0.1, 0.15) is 55.3 Å². The van der Waals surface area contributed by atoms with Crippen LogP contribution in [0.15, 0.2) is 18.2 Å². The summed E-state index contributed by atoms with van der Waals surface area (Å²) in [7, 11) is 0. The van der Waals surface area contributed by atoms with E-state index in [1.54, 1.807) is 12.1 Å². The molecule has 11 heteroatoms. The first-order valence-corrected chi connectivity index (χ1v) is 12.0. The van der Waals surface area contributed by atoms with E-state index in [2.05, 4.69) is 21.3 Å². The van der Waals surface area contributed by atoms with Gasteiger partial charge in [0.2, 0.25) is 24.4 Å². The van der Waals surface area contributed by atoms with Gasteiger partial charge in [-0.3, -0.25) is 24.0 Å². The van der Waals surface area contributed by atoms with Crippen LogP contribution in [0.3, 0.4) is 0 Å². The molecule has 0 aromatic heterocycles. The van der Waals surface area contributed by atoms with Gasteiger partial charge in [0.25, 0.3) is 11.8 Å². The van der Waals surface area contributed by atoms with Crippen molar-refractivity contribution in [1.82, 2.24) is 21.3 Å². The highest BCUT2D eigenvalue weighted by Crippen LogP contribution is 2.32. The molecule has 2 heterocycles.